The molecule has 29 heavy (non-hydrogen) atoms. The zero-order chi connectivity index (χ0) is 21.4. The number of carbonyl (C=O) groups is 1. The lowest BCUT2D eigenvalue weighted by molar-refractivity contribution is -0.121. The van der Waals surface area contributed by atoms with Crippen LogP contribution in [0.4, 0.5) is 0 Å². The van der Waals surface area contributed by atoms with Gasteiger partial charge in [-0.3, -0.25) is 4.79 Å². The van der Waals surface area contributed by atoms with Crippen LogP contribution in [0.15, 0.2) is 52.5 Å². The number of nitrogens with zero attached hydrogens (tertiary/aromatic N) is 2. The number of amides is 1. The monoisotopic (exact) mass is 439 g/mol. The van der Waals surface area contributed by atoms with E-state index in [2.05, 4.69) is 10.5 Å². The highest BCUT2D eigenvalue weighted by atomic mass is 35.5. The van der Waals surface area contributed by atoms with Crippen LogP contribution in [-0.4, -0.2) is 52.2 Å². The number of ether oxygens (including phenoxy) is 2. The normalized spacial score (nSPS) is 11.6. The Morgan fingerprint density at radius 1 is 1.24 bits per heavy atom. The summed E-state index contributed by atoms with van der Waals surface area (Å²) in [6, 6.07) is 11.2. The van der Waals surface area contributed by atoms with E-state index >= 15 is 0 Å². The fourth-order valence-electron chi connectivity index (χ4n) is 2.31. The number of halogens is 1. The first-order valence-electron chi connectivity index (χ1n) is 8.62. The van der Waals surface area contributed by atoms with Crippen molar-refractivity contribution in [2.24, 2.45) is 5.10 Å². The number of methoxy groups -OCH3 is 1. The summed E-state index contributed by atoms with van der Waals surface area (Å²) < 4.78 is 36.5. The van der Waals surface area contributed by atoms with E-state index in [1.54, 1.807) is 24.3 Å². The fraction of sp³-hybridized carbons (Fsp3) is 0.263. The number of hydrogen-bond acceptors (Lipinski definition) is 6. The molecular formula is C19H22ClN3O5S. The molecule has 156 valence electrons. The molecule has 0 saturated heterocycles. The highest BCUT2D eigenvalue weighted by Crippen LogP contribution is 2.28. The smallest absolute Gasteiger partial charge is 0.255 e. The Balaban J connectivity index is 1.96. The number of nitrogens with one attached hydrogen (secondary N) is 1. The Hall–Kier alpha value is -2.62. The van der Waals surface area contributed by atoms with Crippen LogP contribution >= 0.6 is 11.6 Å². The number of benzene rings is 2. The van der Waals surface area contributed by atoms with Gasteiger partial charge in [-0.05, 0) is 55.0 Å². The van der Waals surface area contributed by atoms with Crippen LogP contribution in [0.1, 0.15) is 12.5 Å². The average Bonchev–Trinajstić information content (AvgIpc) is 2.69. The van der Waals surface area contributed by atoms with Gasteiger partial charge in [-0.2, -0.15) is 9.41 Å². The second kappa shape index (κ2) is 10.2. The predicted octanol–water partition coefficient (Wildman–Crippen LogP) is 2.52. The first-order chi connectivity index (χ1) is 13.8. The maximum atomic E-state index is 12.6. The predicted molar refractivity (Wildman–Crippen MR) is 111 cm³/mol. The first-order valence-corrected chi connectivity index (χ1v) is 10.4. The molecule has 1 N–H and O–H groups in total. The molecule has 2 aromatic carbocycles. The topological polar surface area (TPSA) is 97.3 Å². The molecule has 0 aliphatic carbocycles. The largest absolute Gasteiger partial charge is 0.495 e. The molecule has 0 fully saturated rings. The minimum absolute atomic E-state index is 0.0449. The second-order valence-corrected chi connectivity index (χ2v) is 8.30. The van der Waals surface area contributed by atoms with Crippen LogP contribution in [0.3, 0.4) is 0 Å². The molecule has 0 bridgehead atoms. The fourth-order valence-corrected chi connectivity index (χ4v) is 3.78. The van der Waals surface area contributed by atoms with Crippen molar-refractivity contribution >= 4 is 33.7 Å². The molecule has 0 saturated carbocycles. The molecule has 0 aliphatic rings. The molecular weight excluding hydrogens is 418 g/mol. The molecule has 8 nitrogen and oxygen atoms in total. The summed E-state index contributed by atoms with van der Waals surface area (Å²) in [6.07, 6.45) is 1.45. The van der Waals surface area contributed by atoms with E-state index in [1.807, 2.05) is 6.92 Å². The van der Waals surface area contributed by atoms with E-state index in [0.717, 1.165) is 15.6 Å². The summed E-state index contributed by atoms with van der Waals surface area (Å²) in [6.45, 7) is 2.06. The lowest BCUT2D eigenvalue weighted by Crippen LogP contribution is -2.36. The van der Waals surface area contributed by atoms with E-state index < -0.39 is 22.5 Å². The van der Waals surface area contributed by atoms with Crippen LogP contribution in [-0.2, 0) is 14.8 Å². The van der Waals surface area contributed by atoms with Crippen molar-refractivity contribution in [1.82, 2.24) is 9.73 Å². The van der Waals surface area contributed by atoms with E-state index in [0.29, 0.717) is 12.4 Å². The summed E-state index contributed by atoms with van der Waals surface area (Å²) in [5.74, 6) is 0.506. The van der Waals surface area contributed by atoms with Crippen molar-refractivity contribution in [1.29, 1.82) is 0 Å². The third-order valence-electron chi connectivity index (χ3n) is 3.79. The van der Waals surface area contributed by atoms with Gasteiger partial charge in [0.2, 0.25) is 10.0 Å². The van der Waals surface area contributed by atoms with Gasteiger partial charge >= 0.3 is 0 Å². The minimum atomic E-state index is -3.90. The van der Waals surface area contributed by atoms with E-state index in [4.69, 9.17) is 21.1 Å². The summed E-state index contributed by atoms with van der Waals surface area (Å²) >= 11 is 5.99. The van der Waals surface area contributed by atoms with Gasteiger partial charge in [-0.25, -0.2) is 13.8 Å². The summed E-state index contributed by atoms with van der Waals surface area (Å²) in [5.41, 5.74) is 3.05. The maximum Gasteiger partial charge on any atom is 0.255 e. The van der Waals surface area contributed by atoms with Gasteiger partial charge < -0.3 is 9.47 Å². The lowest BCUT2D eigenvalue weighted by Gasteiger charge is -2.16. The van der Waals surface area contributed by atoms with Gasteiger partial charge in [0.25, 0.3) is 5.91 Å². The highest BCUT2D eigenvalue weighted by Gasteiger charge is 2.23. The van der Waals surface area contributed by atoms with Crippen LogP contribution in [0.2, 0.25) is 5.02 Å². The highest BCUT2D eigenvalue weighted by molar-refractivity contribution is 7.89. The number of likely N-dealkylation sites (N-methyl/N-ethyl adjacent to an activating group) is 1. The van der Waals surface area contributed by atoms with Crippen molar-refractivity contribution < 1.29 is 22.7 Å². The zero-order valence-corrected chi connectivity index (χ0v) is 17.8. The van der Waals surface area contributed by atoms with Crippen molar-refractivity contribution in [3.05, 3.63) is 53.1 Å². The Morgan fingerprint density at radius 2 is 1.93 bits per heavy atom. The Morgan fingerprint density at radius 3 is 2.52 bits per heavy atom. The zero-order valence-electron chi connectivity index (χ0n) is 16.3. The molecule has 0 radical (unpaired) electrons. The van der Waals surface area contributed by atoms with Gasteiger partial charge in [0.15, 0.2) is 0 Å². The van der Waals surface area contributed by atoms with E-state index in [9.17, 15) is 13.2 Å². The minimum Gasteiger partial charge on any atom is -0.495 e. The first kappa shape index (κ1) is 22.7. The van der Waals surface area contributed by atoms with Crippen molar-refractivity contribution in [3.63, 3.8) is 0 Å². The van der Waals surface area contributed by atoms with Crippen LogP contribution in [0.25, 0.3) is 0 Å². The van der Waals surface area contributed by atoms with E-state index in [1.165, 1.54) is 38.6 Å². The van der Waals surface area contributed by atoms with Crippen LogP contribution in [0.5, 0.6) is 11.5 Å². The van der Waals surface area contributed by atoms with Gasteiger partial charge in [-0.15, -0.1) is 0 Å². The molecule has 0 aliphatic heterocycles. The Kier molecular flexibility index (Phi) is 8.00. The number of carbonyl (C=O) groups excluding carboxylic acids is 1. The average molecular weight is 440 g/mol. The van der Waals surface area contributed by atoms with Crippen LogP contribution in [0, 0.1) is 0 Å². The number of sulfonamides is 1. The van der Waals surface area contributed by atoms with Crippen molar-refractivity contribution in [2.75, 3.05) is 27.3 Å². The molecule has 0 aromatic heterocycles. The molecule has 0 atom stereocenters. The Labute approximate surface area is 175 Å². The van der Waals surface area contributed by atoms with Crippen molar-refractivity contribution in [3.8, 4) is 11.5 Å². The quantitative estimate of drug-likeness (QED) is 0.478. The van der Waals surface area contributed by atoms with Gasteiger partial charge in [0.1, 0.15) is 11.5 Å². The molecule has 2 rings (SSSR count). The molecule has 0 unspecified atom stereocenters. The maximum absolute atomic E-state index is 12.6. The van der Waals surface area contributed by atoms with E-state index in [-0.39, 0.29) is 9.92 Å². The molecule has 2 aromatic rings. The standard InChI is InChI=1S/C19H22ClN3O5S/c1-4-28-15-7-5-14(6-8-15)12-21-22-19(24)13-23(2)29(25,26)16-9-10-18(27-3)17(20)11-16/h5-12H,4,13H2,1-3H3,(H,22,24)/b21-12+. The van der Waals surface area contributed by atoms with Gasteiger partial charge in [0, 0.05) is 7.05 Å². The third-order valence-corrected chi connectivity index (χ3v) is 5.89. The molecule has 10 heteroatoms. The van der Waals surface area contributed by atoms with Gasteiger partial charge in [0.05, 0.1) is 36.4 Å². The molecule has 1 amide bonds. The number of hydrogen-bond donors (Lipinski definition) is 1. The second-order valence-electron chi connectivity index (χ2n) is 5.85. The summed E-state index contributed by atoms with van der Waals surface area (Å²) in [5, 5.41) is 4.00. The lowest BCUT2D eigenvalue weighted by atomic mass is 10.2. The van der Waals surface area contributed by atoms with Crippen molar-refractivity contribution in [2.45, 2.75) is 11.8 Å². The van der Waals surface area contributed by atoms with Gasteiger partial charge in [-0.1, -0.05) is 11.6 Å². The Bertz CT molecular complexity index is 978. The summed E-state index contributed by atoms with van der Waals surface area (Å²) in [7, 11) is -1.18. The van der Waals surface area contributed by atoms with Crippen LogP contribution < -0.4 is 14.9 Å². The third kappa shape index (κ3) is 6.18. The summed E-state index contributed by atoms with van der Waals surface area (Å²) in [4.78, 5) is 12.0. The molecule has 0 heterocycles. The SMILES string of the molecule is CCOc1ccc(/C=N/NC(=O)CN(C)S(=O)(=O)c2ccc(OC)c(Cl)c2)cc1. The number of rotatable bonds is 9. The molecule has 0 spiro atoms. The number of hydrazone groups is 1.